The highest BCUT2D eigenvalue weighted by Crippen LogP contribution is 2.52. The van der Waals surface area contributed by atoms with E-state index in [1.54, 1.807) is 74.7 Å². The van der Waals surface area contributed by atoms with E-state index in [1.165, 1.54) is 18.3 Å². The van der Waals surface area contributed by atoms with Crippen LogP contribution in [0.3, 0.4) is 0 Å². The Morgan fingerprint density at radius 2 is 1.54 bits per heavy atom. The number of nitrogens with one attached hydrogen (secondary N) is 7. The van der Waals surface area contributed by atoms with Crippen LogP contribution in [0.5, 0.6) is 0 Å². The molecule has 24 nitrogen and oxygen atoms in total. The van der Waals surface area contributed by atoms with Crippen LogP contribution >= 0.6 is 0 Å². The lowest BCUT2D eigenvalue weighted by Gasteiger charge is -2.22. The molecule has 1 saturated carbocycles. The van der Waals surface area contributed by atoms with E-state index in [4.69, 9.17) is 16.2 Å². The lowest BCUT2D eigenvalue weighted by Crippen LogP contribution is -2.50. The van der Waals surface area contributed by atoms with Crippen LogP contribution in [0.1, 0.15) is 130 Å². The van der Waals surface area contributed by atoms with Gasteiger partial charge in [-0.15, -0.1) is 0 Å². The zero-order valence-electron chi connectivity index (χ0n) is 49.3. The second-order valence-corrected chi connectivity index (χ2v) is 21.6. The number of ether oxygens (including phenoxy) is 1. The van der Waals surface area contributed by atoms with E-state index < -0.39 is 53.2 Å². The predicted molar refractivity (Wildman–Crippen MR) is 326 cm³/mol. The molecular formula is C63H75N13O11. The average molecular weight is 1190 g/mol. The average Bonchev–Trinajstić information content (AvgIpc) is 1.70. The number of imide groups is 1. The van der Waals surface area contributed by atoms with Gasteiger partial charge in [-0.25, -0.2) is 14.6 Å². The van der Waals surface area contributed by atoms with Crippen molar-refractivity contribution in [3.05, 3.63) is 148 Å². The van der Waals surface area contributed by atoms with Gasteiger partial charge in [0.25, 0.3) is 23.6 Å². The third-order valence-electron chi connectivity index (χ3n) is 14.6. The fourth-order valence-corrected chi connectivity index (χ4v) is 10.0. The molecule has 1 aromatic heterocycles. The lowest BCUT2D eigenvalue weighted by molar-refractivity contribution is -0.137. The van der Waals surface area contributed by atoms with Crippen molar-refractivity contribution in [1.29, 1.82) is 0 Å². The molecule has 24 heteroatoms. The molecule has 7 rings (SSSR count). The van der Waals surface area contributed by atoms with Crippen molar-refractivity contribution in [3.8, 4) is 0 Å². The number of fused-ring (bicyclic) bond motifs is 1. The third kappa shape index (κ3) is 18.3. The Hall–Kier alpha value is -10.0. The van der Waals surface area contributed by atoms with Gasteiger partial charge >= 0.3 is 12.1 Å². The molecule has 3 aliphatic rings. The highest BCUT2D eigenvalue weighted by Gasteiger charge is 2.62. The fourth-order valence-electron chi connectivity index (χ4n) is 10.0. The maximum atomic E-state index is 14.2. The van der Waals surface area contributed by atoms with Gasteiger partial charge in [-0.3, -0.25) is 48.2 Å². The summed E-state index contributed by atoms with van der Waals surface area (Å²) >= 11 is 0. The summed E-state index contributed by atoms with van der Waals surface area (Å²) < 4.78 is 5.63. The highest BCUT2D eigenvalue weighted by atomic mass is 16.5. The van der Waals surface area contributed by atoms with Crippen LogP contribution in [0.4, 0.5) is 26.7 Å². The normalized spacial score (nSPS) is 15.9. The summed E-state index contributed by atoms with van der Waals surface area (Å²) in [5.74, 6) is -3.65. The first-order valence-corrected chi connectivity index (χ1v) is 29.0. The van der Waals surface area contributed by atoms with Gasteiger partial charge in [-0.05, 0) is 117 Å². The Morgan fingerprint density at radius 1 is 0.816 bits per heavy atom. The number of aromatic nitrogens is 1. The van der Waals surface area contributed by atoms with Crippen molar-refractivity contribution in [3.63, 3.8) is 0 Å². The Kier molecular flexibility index (Phi) is 22.8. The number of aliphatic imine (C=N–C) groups is 1. The van der Waals surface area contributed by atoms with Crippen molar-refractivity contribution in [2.45, 2.75) is 123 Å². The quantitative estimate of drug-likeness (QED) is 0.0171. The molecule has 2 aliphatic heterocycles. The summed E-state index contributed by atoms with van der Waals surface area (Å²) in [7, 11) is 0. The number of nitrogens with two attached hydrogens (primary N) is 2. The van der Waals surface area contributed by atoms with E-state index in [0.29, 0.717) is 82.8 Å². The molecule has 4 aromatic rings. The van der Waals surface area contributed by atoms with Crippen LogP contribution in [0.15, 0.2) is 125 Å². The molecular weight excluding hydrogens is 1110 g/mol. The topological polar surface area (TPSA) is 348 Å². The third-order valence-corrected chi connectivity index (χ3v) is 14.6. The zero-order chi connectivity index (χ0) is 62.6. The molecule has 0 radical (unpaired) electrons. The summed E-state index contributed by atoms with van der Waals surface area (Å²) in [4.78, 5) is 142. The van der Waals surface area contributed by atoms with Crippen molar-refractivity contribution < 1.29 is 52.7 Å². The Labute approximate surface area is 504 Å². The van der Waals surface area contributed by atoms with Gasteiger partial charge in [-0.1, -0.05) is 68.8 Å². The second kappa shape index (κ2) is 30.7. The molecule has 2 unspecified atom stereocenters. The molecule has 0 spiro atoms. The van der Waals surface area contributed by atoms with Gasteiger partial charge in [0, 0.05) is 92.2 Å². The second-order valence-electron chi connectivity index (χ2n) is 21.6. The van der Waals surface area contributed by atoms with Crippen molar-refractivity contribution in [2.24, 2.45) is 16.5 Å². The monoisotopic (exact) mass is 1190 g/mol. The van der Waals surface area contributed by atoms with Crippen LogP contribution in [0, 0.1) is 0 Å². The minimum absolute atomic E-state index is 0.00171. The number of carbonyl (C=O) groups is 10. The zero-order valence-corrected chi connectivity index (χ0v) is 49.3. The highest BCUT2D eigenvalue weighted by molar-refractivity contribution is 6.13. The number of benzene rings is 3. The number of allylic oxidation sites excluding steroid dienone is 1. The number of rotatable bonds is 29. The lowest BCUT2D eigenvalue weighted by atomic mass is 10.0. The first-order valence-electron chi connectivity index (χ1n) is 29.0. The van der Waals surface area contributed by atoms with E-state index in [9.17, 15) is 47.9 Å². The van der Waals surface area contributed by atoms with Crippen molar-refractivity contribution in [2.75, 3.05) is 36.8 Å². The maximum Gasteiger partial charge on any atom is 0.408 e. The summed E-state index contributed by atoms with van der Waals surface area (Å²) in [6.07, 6.45) is 10.3. The number of primary amides is 1. The number of anilines is 2. The van der Waals surface area contributed by atoms with Crippen LogP contribution in [-0.2, 0) is 51.5 Å². The van der Waals surface area contributed by atoms with E-state index in [1.807, 2.05) is 49.1 Å². The van der Waals surface area contributed by atoms with Gasteiger partial charge in [0.05, 0.1) is 17.6 Å². The standard InChI is InChI=1S/C63H75N13O11/c1-5-27-75(28-6-2)59(83)45-31-43-20-21-44(32-50(43)71-51(64)33-45)56(80)70-47-30-41(35-66-37-47)36-68-60(84)63(34-48(63)42-14-9-7-10-15-42)74-62(86)87-38-40-18-22-46(23-19-40)69-57(81)49(16-13-26-67-61(65)85)72-58(82)55(39(3)4)73-52(77)17-11-8-12-29-76-53(78)24-25-54(76)79/h7,9-10,14-15,18-25,30-32,35,37,48-49H,5-6,8,11-13,16-17,26-29,33-34,36,38H2,1-4H3,(H2,64,71)(H,68,84)(H,69,81)(H,70,80)(H,72,82)(H,73,77)(H,74,86)(H3,65,67,85)/t48?,49-,63?/m0/s1. The first-order chi connectivity index (χ1) is 41.8. The molecule has 87 heavy (non-hydrogen) atoms. The van der Waals surface area contributed by atoms with Crippen LogP contribution in [0.25, 0.3) is 6.08 Å². The molecule has 3 heterocycles. The first kappa shape index (κ1) is 64.6. The van der Waals surface area contributed by atoms with Crippen molar-refractivity contribution in [1.82, 2.24) is 41.4 Å². The number of hydrogen-bond donors (Lipinski definition) is 9. The number of nitrogens with zero attached hydrogens (tertiary/aromatic N) is 4. The number of amidine groups is 1. The van der Waals surface area contributed by atoms with E-state index in [2.05, 4.69) is 47.2 Å². The fraction of sp³-hybridized carbons (Fsp3) is 0.365. The van der Waals surface area contributed by atoms with Gasteiger partial charge < -0.3 is 58.3 Å². The smallest absolute Gasteiger partial charge is 0.408 e. The number of carbonyl (C=O) groups excluding carboxylic acids is 10. The van der Waals surface area contributed by atoms with Gasteiger partial charge in [-0.2, -0.15) is 0 Å². The molecule has 458 valence electrons. The summed E-state index contributed by atoms with van der Waals surface area (Å²) in [5, 5.41) is 19.2. The molecule has 3 atom stereocenters. The predicted octanol–water partition coefficient (Wildman–Crippen LogP) is 5.99. The van der Waals surface area contributed by atoms with Crippen LogP contribution in [-0.4, -0.2) is 118 Å². The molecule has 1 aliphatic carbocycles. The van der Waals surface area contributed by atoms with E-state index >= 15 is 0 Å². The summed E-state index contributed by atoms with van der Waals surface area (Å²) in [5.41, 5.74) is 15.1. The SMILES string of the molecule is CCCN(CCC)C(=O)C1=Cc2ccc(C(=O)Nc3cncc(CNC(=O)C4(NC(=O)OCc5ccc(NC(=O)[C@H](CCCNC(N)=O)NC(=O)C(NC(=O)CCCCCN6C(=O)C=CC6=O)=C(C)C)cc5)CC4c4ccccc4)c3)cc2N=C(N)C1. The summed E-state index contributed by atoms with van der Waals surface area (Å²) in [6.45, 7) is 8.69. The molecule has 3 aromatic carbocycles. The minimum atomic E-state index is -1.36. The molecule has 1 fully saturated rings. The Morgan fingerprint density at radius 3 is 2.23 bits per heavy atom. The minimum Gasteiger partial charge on any atom is -0.445 e. The summed E-state index contributed by atoms with van der Waals surface area (Å²) in [6, 6.07) is 20.4. The van der Waals surface area contributed by atoms with Gasteiger partial charge in [0.2, 0.25) is 23.6 Å². The van der Waals surface area contributed by atoms with Gasteiger partial charge in [0.1, 0.15) is 29.7 Å². The van der Waals surface area contributed by atoms with Crippen LogP contribution in [0.2, 0.25) is 0 Å². The molecule has 11 amide bonds. The Bertz CT molecular complexity index is 3350. The van der Waals surface area contributed by atoms with E-state index in [-0.39, 0.29) is 93.5 Å². The van der Waals surface area contributed by atoms with E-state index in [0.717, 1.165) is 23.3 Å². The van der Waals surface area contributed by atoms with Crippen LogP contribution < -0.4 is 48.7 Å². The number of alkyl carbamates (subject to hydrolysis) is 1. The van der Waals surface area contributed by atoms with Crippen molar-refractivity contribution >= 4 is 88.4 Å². The molecule has 0 saturated heterocycles. The van der Waals surface area contributed by atoms with Gasteiger partial charge in [0.15, 0.2) is 0 Å². The number of urea groups is 1. The maximum absolute atomic E-state index is 14.2. The molecule has 11 N–H and O–H groups in total. The number of pyridine rings is 1. The largest absolute Gasteiger partial charge is 0.445 e. The molecule has 0 bridgehead atoms. The number of hydrogen-bond acceptors (Lipinski definition) is 14. The Balaban J connectivity index is 0.920. The number of unbranched alkanes of at least 4 members (excludes halogenated alkanes) is 2. The number of amides is 11.